The summed E-state index contributed by atoms with van der Waals surface area (Å²) in [5.41, 5.74) is 1.59. The van der Waals surface area contributed by atoms with Crippen LogP contribution in [-0.4, -0.2) is 73.2 Å². The number of carbonyl (C=O) groups excluding carboxylic acids is 2. The van der Waals surface area contributed by atoms with Crippen molar-refractivity contribution < 1.29 is 28.9 Å². The molecule has 3 N–H and O–H groups in total. The van der Waals surface area contributed by atoms with Crippen LogP contribution in [0.4, 0.5) is 10.5 Å². The molecule has 4 atom stereocenters. The highest BCUT2D eigenvalue weighted by atomic mass is 16.5. The van der Waals surface area contributed by atoms with Crippen LogP contribution in [0.25, 0.3) is 0 Å². The second-order valence-corrected chi connectivity index (χ2v) is 8.88. The Morgan fingerprint density at radius 1 is 1.09 bits per heavy atom. The van der Waals surface area contributed by atoms with Crippen molar-refractivity contribution in [3.63, 3.8) is 0 Å². The zero-order valence-corrected chi connectivity index (χ0v) is 19.9. The smallest absolute Gasteiger partial charge is 0.322 e. The van der Waals surface area contributed by atoms with E-state index in [0.29, 0.717) is 30.8 Å². The van der Waals surface area contributed by atoms with E-state index >= 15 is 0 Å². The molecule has 2 aliphatic rings. The van der Waals surface area contributed by atoms with Crippen LogP contribution in [0.15, 0.2) is 54.6 Å². The van der Waals surface area contributed by atoms with Gasteiger partial charge in [0.2, 0.25) is 5.91 Å². The minimum atomic E-state index is -0.805. The highest BCUT2D eigenvalue weighted by molar-refractivity contribution is 5.91. The predicted octanol–water partition coefficient (Wildman–Crippen LogP) is 2.54. The standard InChI is InChI=1S/C26H33N3O6/c1-33-23-10-6-5-9-21(23)28-26(32)29-15-19(30)16-34-17-24-22(29)12-11-20(35-24)13-25(31)27-14-18-7-3-2-4-8-18/h2-10,19-20,22,24,30H,11-17H2,1H3,(H,27,31)(H,28,32)/t19-,20+,22+,24-/m0/s1. The minimum Gasteiger partial charge on any atom is -0.495 e. The Labute approximate surface area is 205 Å². The number of fused-ring (bicyclic) bond motifs is 1. The summed E-state index contributed by atoms with van der Waals surface area (Å²) in [6.07, 6.45) is 0.0311. The molecule has 2 aromatic rings. The van der Waals surface area contributed by atoms with Gasteiger partial charge in [0, 0.05) is 6.54 Å². The third-order valence-corrected chi connectivity index (χ3v) is 6.34. The van der Waals surface area contributed by atoms with Crippen LogP contribution in [0.3, 0.4) is 0 Å². The number of nitrogens with zero attached hydrogens (tertiary/aromatic N) is 1. The Hall–Kier alpha value is -3.14. The fraction of sp³-hybridized carbons (Fsp3) is 0.462. The van der Waals surface area contributed by atoms with Crippen molar-refractivity contribution in [3.8, 4) is 5.75 Å². The second kappa shape index (κ2) is 12.0. The Balaban J connectivity index is 1.38. The Bertz CT molecular complexity index is 988. The lowest BCUT2D eigenvalue weighted by molar-refractivity contribution is -0.149. The molecule has 9 heteroatoms. The van der Waals surface area contributed by atoms with Crippen molar-refractivity contribution in [1.29, 1.82) is 0 Å². The number of benzene rings is 2. The van der Waals surface area contributed by atoms with Gasteiger partial charge in [-0.25, -0.2) is 4.79 Å². The van der Waals surface area contributed by atoms with Gasteiger partial charge in [-0.3, -0.25) is 4.79 Å². The molecule has 0 aliphatic carbocycles. The Kier molecular flexibility index (Phi) is 8.57. The van der Waals surface area contributed by atoms with Crippen molar-refractivity contribution in [2.75, 3.05) is 32.2 Å². The number of amides is 3. The lowest BCUT2D eigenvalue weighted by Gasteiger charge is -2.44. The summed E-state index contributed by atoms with van der Waals surface area (Å²) in [6, 6.07) is 16.3. The molecule has 9 nitrogen and oxygen atoms in total. The molecule has 0 aromatic heterocycles. The van der Waals surface area contributed by atoms with E-state index < -0.39 is 12.2 Å². The molecule has 3 amide bonds. The number of rotatable bonds is 6. The van der Waals surface area contributed by atoms with Crippen LogP contribution in [0, 0.1) is 0 Å². The van der Waals surface area contributed by atoms with Crippen molar-refractivity contribution in [2.45, 2.75) is 50.2 Å². The van der Waals surface area contributed by atoms with Crippen molar-refractivity contribution >= 4 is 17.6 Å². The largest absolute Gasteiger partial charge is 0.495 e. The molecule has 2 aromatic carbocycles. The van der Waals surface area contributed by atoms with Gasteiger partial charge in [-0.2, -0.15) is 0 Å². The van der Waals surface area contributed by atoms with Gasteiger partial charge in [0.1, 0.15) is 11.9 Å². The number of hydrogen-bond donors (Lipinski definition) is 3. The zero-order chi connectivity index (χ0) is 24.6. The zero-order valence-electron chi connectivity index (χ0n) is 19.9. The maximum Gasteiger partial charge on any atom is 0.322 e. The summed E-state index contributed by atoms with van der Waals surface area (Å²) in [5, 5.41) is 16.2. The molecule has 0 saturated carbocycles. The monoisotopic (exact) mass is 483 g/mol. The number of aliphatic hydroxyl groups is 1. The van der Waals surface area contributed by atoms with Crippen molar-refractivity contribution in [3.05, 3.63) is 60.2 Å². The fourth-order valence-corrected chi connectivity index (χ4v) is 4.58. The first-order valence-electron chi connectivity index (χ1n) is 12.0. The number of urea groups is 1. The average molecular weight is 484 g/mol. The van der Waals surface area contributed by atoms with Gasteiger partial charge in [0.15, 0.2) is 0 Å². The van der Waals surface area contributed by atoms with E-state index in [9.17, 15) is 14.7 Å². The van der Waals surface area contributed by atoms with Gasteiger partial charge in [0.05, 0.1) is 57.2 Å². The predicted molar refractivity (Wildman–Crippen MR) is 130 cm³/mol. The molecule has 4 rings (SSSR count). The molecule has 35 heavy (non-hydrogen) atoms. The maximum absolute atomic E-state index is 13.3. The molecule has 2 fully saturated rings. The van der Waals surface area contributed by atoms with E-state index in [4.69, 9.17) is 14.2 Å². The maximum atomic E-state index is 13.3. The van der Waals surface area contributed by atoms with Gasteiger partial charge in [-0.15, -0.1) is 0 Å². The quantitative estimate of drug-likeness (QED) is 0.583. The number of aliphatic hydroxyl groups excluding tert-OH is 1. The van der Waals surface area contributed by atoms with Crippen LogP contribution in [-0.2, 0) is 20.8 Å². The molecule has 0 radical (unpaired) electrons. The van der Waals surface area contributed by atoms with Crippen LogP contribution in [0.1, 0.15) is 24.8 Å². The van der Waals surface area contributed by atoms with Crippen LogP contribution in [0.2, 0.25) is 0 Å². The molecule has 0 bridgehead atoms. The Morgan fingerprint density at radius 3 is 2.66 bits per heavy atom. The first-order chi connectivity index (χ1) is 17.0. The summed E-state index contributed by atoms with van der Waals surface area (Å²) >= 11 is 0. The summed E-state index contributed by atoms with van der Waals surface area (Å²) < 4.78 is 17.2. The van der Waals surface area contributed by atoms with E-state index in [1.54, 1.807) is 24.1 Å². The lowest BCUT2D eigenvalue weighted by atomic mass is 9.95. The number of carbonyl (C=O) groups is 2. The molecule has 0 unspecified atom stereocenters. The first kappa shape index (κ1) is 25.0. The third kappa shape index (κ3) is 6.72. The molecular formula is C26H33N3O6. The number of para-hydroxylation sites is 2. The summed E-state index contributed by atoms with van der Waals surface area (Å²) in [7, 11) is 1.54. The molecule has 2 heterocycles. The van der Waals surface area contributed by atoms with Crippen molar-refractivity contribution in [1.82, 2.24) is 10.2 Å². The van der Waals surface area contributed by atoms with E-state index in [1.807, 2.05) is 42.5 Å². The fourth-order valence-electron chi connectivity index (χ4n) is 4.58. The van der Waals surface area contributed by atoms with Crippen LogP contribution >= 0.6 is 0 Å². The molecule has 2 saturated heterocycles. The number of nitrogens with one attached hydrogen (secondary N) is 2. The lowest BCUT2D eigenvalue weighted by Crippen LogP contribution is -2.58. The second-order valence-electron chi connectivity index (χ2n) is 8.88. The van der Waals surface area contributed by atoms with Gasteiger partial charge in [-0.05, 0) is 30.5 Å². The van der Waals surface area contributed by atoms with E-state index in [2.05, 4.69) is 10.6 Å². The number of anilines is 1. The van der Waals surface area contributed by atoms with E-state index in [-0.39, 0.29) is 50.3 Å². The first-order valence-corrected chi connectivity index (χ1v) is 12.0. The molecule has 2 aliphatic heterocycles. The minimum absolute atomic E-state index is 0.0785. The highest BCUT2D eigenvalue weighted by Gasteiger charge is 2.40. The van der Waals surface area contributed by atoms with Gasteiger partial charge in [0.25, 0.3) is 0 Å². The van der Waals surface area contributed by atoms with Crippen LogP contribution < -0.4 is 15.4 Å². The molecule has 0 spiro atoms. The van der Waals surface area contributed by atoms with Gasteiger partial charge < -0.3 is 34.9 Å². The topological polar surface area (TPSA) is 109 Å². The van der Waals surface area contributed by atoms with E-state index in [1.165, 1.54) is 0 Å². The third-order valence-electron chi connectivity index (χ3n) is 6.34. The summed E-state index contributed by atoms with van der Waals surface area (Å²) in [6.45, 7) is 0.930. The number of methoxy groups -OCH3 is 1. The van der Waals surface area contributed by atoms with Crippen molar-refractivity contribution in [2.24, 2.45) is 0 Å². The summed E-state index contributed by atoms with van der Waals surface area (Å²) in [5.74, 6) is 0.472. The number of hydrogen-bond acceptors (Lipinski definition) is 6. The average Bonchev–Trinajstić information content (AvgIpc) is 2.86. The molecule has 188 valence electrons. The van der Waals surface area contributed by atoms with E-state index in [0.717, 1.165) is 5.56 Å². The Morgan fingerprint density at radius 2 is 1.86 bits per heavy atom. The van der Waals surface area contributed by atoms with Gasteiger partial charge in [-0.1, -0.05) is 42.5 Å². The van der Waals surface area contributed by atoms with Gasteiger partial charge >= 0.3 is 6.03 Å². The number of ether oxygens (including phenoxy) is 3. The molecular weight excluding hydrogens is 450 g/mol. The SMILES string of the molecule is COc1ccccc1NC(=O)N1C[C@H](O)COC[C@@H]2O[C@@H](CC(=O)NCc3ccccc3)CC[C@H]21. The number of β-amino-alcohol motifs (C(OH)–C–C–N with tert-alkyl or cyclic N) is 1. The van der Waals surface area contributed by atoms with Crippen LogP contribution in [0.5, 0.6) is 5.75 Å². The highest BCUT2D eigenvalue weighted by Crippen LogP contribution is 2.29. The normalized spacial score (nSPS) is 24.5. The summed E-state index contributed by atoms with van der Waals surface area (Å²) in [4.78, 5) is 27.4.